The number of primary amides is 1. The van der Waals surface area contributed by atoms with Gasteiger partial charge in [-0.1, -0.05) is 12.1 Å². The van der Waals surface area contributed by atoms with Crippen LogP contribution in [0.2, 0.25) is 0 Å². The molecule has 1 aromatic heterocycles. The van der Waals surface area contributed by atoms with Crippen molar-refractivity contribution in [3.8, 4) is 10.4 Å². The fourth-order valence-electron chi connectivity index (χ4n) is 2.69. The number of rotatable bonds is 5. The molecule has 33 heavy (non-hydrogen) atoms. The summed E-state index contributed by atoms with van der Waals surface area (Å²) >= 11 is 0.693. The lowest BCUT2D eigenvalue weighted by Gasteiger charge is -2.15. The molecule has 3 N–H and O–H groups in total. The summed E-state index contributed by atoms with van der Waals surface area (Å²) in [6.45, 7) is 0. The average molecular weight is 512 g/mol. The van der Waals surface area contributed by atoms with Crippen LogP contribution in [0, 0.1) is 5.82 Å². The highest BCUT2D eigenvalue weighted by Crippen LogP contribution is 2.39. The molecule has 2 aromatic carbocycles. The minimum absolute atomic E-state index is 0.0365. The first-order valence-corrected chi connectivity index (χ1v) is 10.9. The molecule has 0 atom stereocenters. The average Bonchev–Trinajstić information content (AvgIpc) is 3.10. The number of hydrogen-bond donors (Lipinski definition) is 2. The zero-order valence-corrected chi connectivity index (χ0v) is 17.5. The normalized spacial score (nSPS) is 12.6. The number of amides is 1. The molecule has 0 radical (unpaired) electrons. The van der Waals surface area contributed by atoms with Crippen molar-refractivity contribution in [1.82, 2.24) is 0 Å². The molecule has 5 nitrogen and oxygen atoms in total. The van der Waals surface area contributed by atoms with Gasteiger partial charge >= 0.3 is 12.4 Å². The Balaban J connectivity index is 2.10. The van der Waals surface area contributed by atoms with E-state index in [1.165, 1.54) is 12.1 Å². The molecule has 3 aromatic rings. The van der Waals surface area contributed by atoms with E-state index in [9.17, 15) is 43.9 Å². The topological polar surface area (TPSA) is 89.3 Å². The van der Waals surface area contributed by atoms with E-state index in [2.05, 4.69) is 0 Å². The standard InChI is InChI=1S/C19H11F7N2O3S2/c20-12-3-1-9(2-4-12)15-8-14(16(32-15)17(27)29)28-33(30,31)13-6-10(18(21,22)23)5-11(7-13)19(24,25)26/h1-8,28H,(H2,27,29). The summed E-state index contributed by atoms with van der Waals surface area (Å²) in [5.41, 5.74) is 1.47. The Morgan fingerprint density at radius 1 is 0.879 bits per heavy atom. The van der Waals surface area contributed by atoms with Crippen molar-refractivity contribution in [3.05, 3.63) is 70.4 Å². The molecule has 0 aliphatic heterocycles. The van der Waals surface area contributed by atoms with Crippen LogP contribution in [0.15, 0.2) is 53.4 Å². The van der Waals surface area contributed by atoms with Crippen LogP contribution in [0.25, 0.3) is 10.4 Å². The Morgan fingerprint density at radius 2 is 1.39 bits per heavy atom. The van der Waals surface area contributed by atoms with Crippen LogP contribution in [0.3, 0.4) is 0 Å². The highest BCUT2D eigenvalue weighted by molar-refractivity contribution is 7.92. The molecule has 176 valence electrons. The number of halogens is 7. The van der Waals surface area contributed by atoms with Crippen LogP contribution < -0.4 is 10.5 Å². The third-order valence-corrected chi connectivity index (χ3v) is 6.74. The summed E-state index contributed by atoms with van der Waals surface area (Å²) in [4.78, 5) is 10.3. The number of carbonyl (C=O) groups excluding carboxylic acids is 1. The van der Waals surface area contributed by atoms with Crippen molar-refractivity contribution in [3.63, 3.8) is 0 Å². The highest BCUT2D eigenvalue weighted by atomic mass is 32.2. The van der Waals surface area contributed by atoms with Crippen molar-refractivity contribution in [2.24, 2.45) is 5.73 Å². The van der Waals surface area contributed by atoms with Gasteiger partial charge in [-0.05, 0) is 42.0 Å². The van der Waals surface area contributed by atoms with Gasteiger partial charge in [-0.2, -0.15) is 26.3 Å². The molecule has 0 spiro atoms. The smallest absolute Gasteiger partial charge is 0.365 e. The van der Waals surface area contributed by atoms with Crippen molar-refractivity contribution in [2.75, 3.05) is 4.72 Å². The number of nitrogens with two attached hydrogens (primary N) is 1. The third kappa shape index (κ3) is 5.45. The molecule has 0 bridgehead atoms. The lowest BCUT2D eigenvalue weighted by atomic mass is 10.1. The fraction of sp³-hybridized carbons (Fsp3) is 0.105. The van der Waals surface area contributed by atoms with E-state index >= 15 is 0 Å². The molecule has 3 rings (SSSR count). The lowest BCUT2D eigenvalue weighted by Crippen LogP contribution is -2.19. The van der Waals surface area contributed by atoms with Crippen LogP contribution in [-0.4, -0.2) is 14.3 Å². The molecule has 0 aliphatic rings. The first kappa shape index (κ1) is 24.5. The number of nitrogens with one attached hydrogen (secondary N) is 1. The number of thiophene rings is 1. The Morgan fingerprint density at radius 3 is 1.85 bits per heavy atom. The van der Waals surface area contributed by atoms with Gasteiger partial charge in [0.2, 0.25) is 0 Å². The van der Waals surface area contributed by atoms with Crippen molar-refractivity contribution in [2.45, 2.75) is 17.2 Å². The molecule has 14 heteroatoms. The maximum absolute atomic E-state index is 13.1. The number of sulfonamides is 1. The molecular formula is C19H11F7N2O3S2. The van der Waals surface area contributed by atoms with E-state index < -0.39 is 55.8 Å². The quantitative estimate of drug-likeness (QED) is 0.443. The zero-order valence-electron chi connectivity index (χ0n) is 15.9. The van der Waals surface area contributed by atoms with Gasteiger partial charge in [-0.3, -0.25) is 9.52 Å². The minimum atomic E-state index is -5.26. The second-order valence-corrected chi connectivity index (χ2v) is 9.31. The number of alkyl halides is 6. The summed E-state index contributed by atoms with van der Waals surface area (Å²) in [6, 6.07) is 5.76. The minimum Gasteiger partial charge on any atom is -0.365 e. The van der Waals surface area contributed by atoms with Crippen LogP contribution in [0.1, 0.15) is 20.8 Å². The molecule has 0 saturated carbocycles. The lowest BCUT2D eigenvalue weighted by molar-refractivity contribution is -0.143. The van der Waals surface area contributed by atoms with Crippen LogP contribution in [0.5, 0.6) is 0 Å². The van der Waals surface area contributed by atoms with Crippen LogP contribution in [-0.2, 0) is 22.4 Å². The van der Waals surface area contributed by atoms with E-state index in [4.69, 9.17) is 5.73 Å². The molecule has 0 saturated heterocycles. The first-order valence-electron chi connectivity index (χ1n) is 8.60. The van der Waals surface area contributed by atoms with Gasteiger partial charge in [0.05, 0.1) is 21.7 Å². The Bertz CT molecular complexity index is 1280. The predicted molar refractivity (Wildman–Crippen MR) is 105 cm³/mol. The van der Waals surface area contributed by atoms with E-state index in [1.807, 2.05) is 4.72 Å². The molecule has 0 unspecified atom stereocenters. The predicted octanol–water partition coefficient (Wildman–Crippen LogP) is 5.49. The number of carbonyl (C=O) groups is 1. The zero-order chi connectivity index (χ0) is 24.8. The van der Waals surface area contributed by atoms with Gasteiger partial charge in [0, 0.05) is 4.88 Å². The second kappa shape index (κ2) is 8.33. The molecular weight excluding hydrogens is 501 g/mol. The first-order chi connectivity index (χ1) is 15.1. The number of anilines is 1. The van der Waals surface area contributed by atoms with Gasteiger partial charge in [0.1, 0.15) is 10.7 Å². The summed E-state index contributed by atoms with van der Waals surface area (Å²) in [5, 5.41) is 0. The van der Waals surface area contributed by atoms with Crippen molar-refractivity contribution < 1.29 is 43.9 Å². The summed E-state index contributed by atoms with van der Waals surface area (Å²) in [5.74, 6) is -1.68. The van der Waals surface area contributed by atoms with E-state index in [1.54, 1.807) is 0 Å². The summed E-state index contributed by atoms with van der Waals surface area (Å²) in [7, 11) is -5.02. The summed E-state index contributed by atoms with van der Waals surface area (Å²) < 4.78 is 119. The monoisotopic (exact) mass is 512 g/mol. The van der Waals surface area contributed by atoms with Gasteiger partial charge in [-0.25, -0.2) is 12.8 Å². The highest BCUT2D eigenvalue weighted by Gasteiger charge is 2.38. The van der Waals surface area contributed by atoms with Crippen molar-refractivity contribution in [1.29, 1.82) is 0 Å². The largest absolute Gasteiger partial charge is 0.416 e. The van der Waals surface area contributed by atoms with Gasteiger partial charge in [0.25, 0.3) is 15.9 Å². The maximum atomic E-state index is 13.1. The Kier molecular flexibility index (Phi) is 6.19. The van der Waals surface area contributed by atoms with Crippen molar-refractivity contribution >= 4 is 33.0 Å². The van der Waals surface area contributed by atoms with Crippen LogP contribution >= 0.6 is 11.3 Å². The molecule has 1 amide bonds. The van der Waals surface area contributed by atoms with E-state index in [0.717, 1.165) is 18.2 Å². The SMILES string of the molecule is NC(=O)c1sc(-c2ccc(F)cc2)cc1NS(=O)(=O)c1cc(C(F)(F)F)cc(C(F)(F)F)c1. The molecule has 1 heterocycles. The van der Waals surface area contributed by atoms with Crippen LogP contribution in [0.4, 0.5) is 36.4 Å². The molecule has 0 aliphatic carbocycles. The van der Waals surface area contributed by atoms with E-state index in [-0.39, 0.29) is 28.0 Å². The van der Waals surface area contributed by atoms with Gasteiger partial charge in [0.15, 0.2) is 0 Å². The third-order valence-electron chi connectivity index (χ3n) is 4.20. The van der Waals surface area contributed by atoms with E-state index in [0.29, 0.717) is 16.9 Å². The van der Waals surface area contributed by atoms with Gasteiger partial charge < -0.3 is 5.73 Å². The number of hydrogen-bond acceptors (Lipinski definition) is 4. The Labute approximate surface area is 185 Å². The Hall–Kier alpha value is -3.13. The number of benzene rings is 2. The van der Waals surface area contributed by atoms with Gasteiger partial charge in [-0.15, -0.1) is 11.3 Å². The second-order valence-electron chi connectivity index (χ2n) is 6.57. The molecule has 0 fully saturated rings. The maximum Gasteiger partial charge on any atom is 0.416 e. The fourth-order valence-corrected chi connectivity index (χ4v) is 4.86. The summed E-state index contributed by atoms with van der Waals surface area (Å²) in [6.07, 6.45) is -10.5.